The summed E-state index contributed by atoms with van der Waals surface area (Å²) in [5.74, 6) is 0.712. The molecule has 0 amide bonds. The van der Waals surface area contributed by atoms with Crippen molar-refractivity contribution in [1.82, 2.24) is 5.16 Å². The molecule has 2 aromatic heterocycles. The lowest BCUT2D eigenvalue weighted by Gasteiger charge is -2.10. The molecule has 0 aliphatic carbocycles. The minimum absolute atomic E-state index is 0.131. The van der Waals surface area contributed by atoms with Gasteiger partial charge in [0.05, 0.1) is 11.3 Å². The second-order valence-electron chi connectivity index (χ2n) is 7.63. The van der Waals surface area contributed by atoms with E-state index in [1.165, 1.54) is 4.57 Å². The summed E-state index contributed by atoms with van der Waals surface area (Å²) in [6.45, 7) is 0.211. The smallest absolute Gasteiger partial charge is 0.381 e. The van der Waals surface area contributed by atoms with Crippen LogP contribution in [0.3, 0.4) is 0 Å². The number of nitrogens with zero attached hydrogens (tertiary/aromatic N) is 2. The van der Waals surface area contributed by atoms with Gasteiger partial charge in [0, 0.05) is 30.8 Å². The minimum atomic E-state index is -4.69. The van der Waals surface area contributed by atoms with Gasteiger partial charge in [0.15, 0.2) is 12.5 Å². The molecule has 0 radical (unpaired) electrons. The van der Waals surface area contributed by atoms with E-state index < -0.39 is 14.6 Å². The maximum Gasteiger partial charge on any atom is 0.472 e. The van der Waals surface area contributed by atoms with Gasteiger partial charge < -0.3 is 31.1 Å². The molecule has 4 rings (SSSR count). The van der Waals surface area contributed by atoms with E-state index in [4.69, 9.17) is 25.8 Å². The number of rotatable bonds is 9. The molecule has 0 saturated heterocycles. The number of nitrogens with two attached hydrogens (primary N) is 2. The normalized spacial score (nSPS) is 11.5. The molecule has 176 valence electrons. The Morgan fingerprint density at radius 2 is 1.71 bits per heavy atom. The Bertz CT molecular complexity index is 1310. The predicted octanol–water partition coefficient (Wildman–Crippen LogP) is 3.06. The molecule has 0 saturated carbocycles. The maximum absolute atomic E-state index is 11.0. The summed E-state index contributed by atoms with van der Waals surface area (Å²) in [5, 5.41) is 7.51. The largest absolute Gasteiger partial charge is 0.472 e. The Kier molecular flexibility index (Phi) is 6.95. The van der Waals surface area contributed by atoms with Crippen molar-refractivity contribution in [1.29, 1.82) is 0 Å². The van der Waals surface area contributed by atoms with Crippen LogP contribution in [0.2, 0.25) is 0 Å². The Balaban J connectivity index is 1.43. The third-order valence-corrected chi connectivity index (χ3v) is 5.61. The number of para-hydroxylation sites is 1. The van der Waals surface area contributed by atoms with Crippen LogP contribution in [0.5, 0.6) is 0 Å². The second-order valence-corrected chi connectivity index (χ2v) is 8.87. The summed E-state index contributed by atoms with van der Waals surface area (Å²) in [7, 11) is -4.69. The van der Waals surface area contributed by atoms with Crippen LogP contribution in [0, 0.1) is 0 Å². The molecule has 0 unspecified atom stereocenters. The van der Waals surface area contributed by atoms with E-state index >= 15 is 0 Å². The Morgan fingerprint density at radius 1 is 1.00 bits per heavy atom. The van der Waals surface area contributed by atoms with E-state index in [9.17, 15) is 4.57 Å². The average Bonchev–Trinajstić information content (AvgIpc) is 3.26. The third kappa shape index (κ3) is 6.00. The fourth-order valence-corrected chi connectivity index (χ4v) is 3.65. The molecular weight excluding hydrogens is 457 g/mol. The van der Waals surface area contributed by atoms with Crippen molar-refractivity contribution >= 4 is 25.1 Å². The molecule has 2 heterocycles. The van der Waals surface area contributed by atoms with Crippen LogP contribution in [0.4, 0.5) is 17.3 Å². The van der Waals surface area contributed by atoms with E-state index in [-0.39, 0.29) is 11.6 Å². The van der Waals surface area contributed by atoms with Gasteiger partial charge in [-0.05, 0) is 29.3 Å². The molecule has 10 nitrogen and oxygen atoms in total. The third-order valence-electron chi connectivity index (χ3n) is 5.16. The summed E-state index contributed by atoms with van der Waals surface area (Å²) in [4.78, 5) is 17.9. The summed E-state index contributed by atoms with van der Waals surface area (Å²) in [5.41, 5.74) is 16.5. The molecule has 0 aliphatic heterocycles. The number of aromatic nitrogens is 2. The van der Waals surface area contributed by atoms with Gasteiger partial charge >= 0.3 is 7.82 Å². The highest BCUT2D eigenvalue weighted by molar-refractivity contribution is 7.46. The lowest BCUT2D eigenvalue weighted by Crippen LogP contribution is -2.41. The summed E-state index contributed by atoms with van der Waals surface area (Å²) >= 11 is 0. The van der Waals surface area contributed by atoms with Crippen molar-refractivity contribution in [2.75, 3.05) is 16.8 Å². The zero-order valence-corrected chi connectivity index (χ0v) is 19.1. The van der Waals surface area contributed by atoms with Gasteiger partial charge in [-0.25, -0.2) is 9.13 Å². The van der Waals surface area contributed by atoms with Crippen LogP contribution < -0.4 is 21.4 Å². The minimum Gasteiger partial charge on any atom is -0.381 e. The number of hydrogen-bond donors (Lipinski definition) is 5. The summed E-state index contributed by atoms with van der Waals surface area (Å²) in [6.07, 6.45) is 0.562. The molecule has 34 heavy (non-hydrogen) atoms. The number of phosphoric ester groups is 1. The first kappa shape index (κ1) is 23.5. The molecule has 0 spiro atoms. The summed E-state index contributed by atoms with van der Waals surface area (Å²) in [6, 6.07) is 23.2. The second kappa shape index (κ2) is 10.1. The topological polar surface area (TPSA) is 161 Å². The average molecular weight is 482 g/mol. The fraction of sp³-hybridized carbons (Fsp3) is 0.130. The fourth-order valence-electron chi connectivity index (χ4n) is 3.38. The first-order valence-electron chi connectivity index (χ1n) is 10.4. The molecule has 2 aromatic carbocycles. The lowest BCUT2D eigenvalue weighted by atomic mass is 10.1. The van der Waals surface area contributed by atoms with E-state index in [2.05, 4.69) is 27.1 Å². The van der Waals surface area contributed by atoms with Crippen LogP contribution in [-0.4, -0.2) is 14.9 Å². The lowest BCUT2D eigenvalue weighted by molar-refractivity contribution is -0.698. The first-order chi connectivity index (χ1) is 16.3. The highest BCUT2D eigenvalue weighted by atomic mass is 31.2. The number of pyridine rings is 1. The standard InChI is InChI=1S/C23H24N5O5P/c24-22-11-10-20(23(25)28(22)15-32-34(29,30)31)21-13-19(27-33-21)12-16-6-8-17(9-7-16)14-26-18-4-2-1-3-5-18/h1-11,13,26H,12,14-15H2,(H5,24,25,27,29,30,31)/p+1. The van der Waals surface area contributed by atoms with Crippen LogP contribution >= 0.6 is 7.82 Å². The monoisotopic (exact) mass is 482 g/mol. The van der Waals surface area contributed by atoms with Crippen molar-refractivity contribution in [3.05, 3.63) is 89.6 Å². The Morgan fingerprint density at radius 3 is 2.41 bits per heavy atom. The highest BCUT2D eigenvalue weighted by Gasteiger charge is 2.22. The molecule has 11 heteroatoms. The van der Waals surface area contributed by atoms with Gasteiger partial charge in [-0.2, -0.15) is 0 Å². The molecule has 7 N–H and O–H groups in total. The van der Waals surface area contributed by atoms with Crippen molar-refractivity contribution in [3.8, 4) is 11.3 Å². The SMILES string of the molecule is Nc1ccc(-c2cc(Cc3ccc(CNc4ccccc4)cc3)no2)c(N)[n+]1COP(=O)(O)O. The molecular formula is C23H25N5O5P+. The van der Waals surface area contributed by atoms with Gasteiger partial charge in [-0.15, -0.1) is 0 Å². The van der Waals surface area contributed by atoms with E-state index in [0.717, 1.165) is 23.4 Å². The molecule has 0 atom stereocenters. The number of phosphoric acid groups is 1. The summed E-state index contributed by atoms with van der Waals surface area (Å²) < 4.78 is 22.3. The molecule has 0 aliphatic rings. The van der Waals surface area contributed by atoms with Crippen LogP contribution in [0.15, 0.2) is 77.3 Å². The van der Waals surface area contributed by atoms with Gasteiger partial charge in [-0.1, -0.05) is 47.6 Å². The van der Waals surface area contributed by atoms with Crippen LogP contribution in [0.25, 0.3) is 11.3 Å². The zero-order valence-electron chi connectivity index (χ0n) is 18.2. The van der Waals surface area contributed by atoms with E-state index in [1.807, 2.05) is 42.5 Å². The van der Waals surface area contributed by atoms with Crippen LogP contribution in [0.1, 0.15) is 16.8 Å². The Hall–Kier alpha value is -3.69. The van der Waals surface area contributed by atoms with Crippen molar-refractivity contribution in [3.63, 3.8) is 0 Å². The zero-order chi connectivity index (χ0) is 24.1. The molecule has 0 fully saturated rings. The van der Waals surface area contributed by atoms with Crippen molar-refractivity contribution in [2.45, 2.75) is 19.7 Å². The molecule has 0 bridgehead atoms. The maximum atomic E-state index is 11.0. The quantitative estimate of drug-likeness (QED) is 0.178. The Labute approximate surface area is 196 Å². The van der Waals surface area contributed by atoms with E-state index in [0.29, 0.717) is 23.4 Å². The van der Waals surface area contributed by atoms with Crippen molar-refractivity contribution in [2.24, 2.45) is 0 Å². The van der Waals surface area contributed by atoms with Gasteiger partial charge in [0.2, 0.25) is 11.6 Å². The van der Waals surface area contributed by atoms with E-state index in [1.54, 1.807) is 18.2 Å². The first-order valence-corrected chi connectivity index (χ1v) is 11.9. The molecule has 4 aromatic rings. The van der Waals surface area contributed by atoms with Gasteiger partial charge in [0.25, 0.3) is 0 Å². The number of anilines is 3. The van der Waals surface area contributed by atoms with Crippen molar-refractivity contribution < 1.29 is 28.0 Å². The number of hydrogen-bond acceptors (Lipinski definition) is 7. The van der Waals surface area contributed by atoms with Gasteiger partial charge in [-0.3, -0.25) is 4.52 Å². The predicted molar refractivity (Wildman–Crippen MR) is 127 cm³/mol. The van der Waals surface area contributed by atoms with Gasteiger partial charge in [0.1, 0.15) is 0 Å². The number of benzene rings is 2. The number of nitrogens with one attached hydrogen (secondary N) is 1. The highest BCUT2D eigenvalue weighted by Crippen LogP contribution is 2.36. The van der Waals surface area contributed by atoms with Crippen LogP contribution in [-0.2, 0) is 28.8 Å². The number of nitrogen functional groups attached to an aromatic ring is 2.